The lowest BCUT2D eigenvalue weighted by atomic mass is 9.97. The standard InChI is InChI=1S/C28H21ClF4N4O4S/c1-14-34-24(28(31,32)33)12-37(14)22-8-7-16(17-10-20(30)19(13-38)23(11-17)42(3,39)40)9-18(22)26-27(41-15(2)35-26)21-5-4-6-25(29)36-21/h4-12,38H,13H2,1-3H3. The van der Waals surface area contributed by atoms with Crippen LogP contribution in [0.4, 0.5) is 17.6 Å². The average Bonchev–Trinajstić information content (AvgIpc) is 3.50. The maximum atomic E-state index is 15.0. The van der Waals surface area contributed by atoms with E-state index in [0.29, 0.717) is 11.3 Å². The van der Waals surface area contributed by atoms with Gasteiger partial charge < -0.3 is 14.1 Å². The van der Waals surface area contributed by atoms with Crippen LogP contribution >= 0.6 is 11.6 Å². The Hall–Kier alpha value is -4.07. The molecule has 0 fully saturated rings. The Kier molecular flexibility index (Phi) is 7.46. The van der Waals surface area contributed by atoms with Crippen molar-refractivity contribution in [1.82, 2.24) is 19.5 Å². The van der Waals surface area contributed by atoms with Crippen LogP contribution in [0.1, 0.15) is 23.0 Å². The Bertz CT molecular complexity index is 1950. The number of oxazole rings is 1. The summed E-state index contributed by atoms with van der Waals surface area (Å²) in [6.07, 6.45) is -2.97. The molecule has 0 saturated heterocycles. The van der Waals surface area contributed by atoms with Crippen LogP contribution in [0.3, 0.4) is 0 Å². The molecule has 0 amide bonds. The van der Waals surface area contributed by atoms with E-state index in [2.05, 4.69) is 15.0 Å². The van der Waals surface area contributed by atoms with Crippen molar-refractivity contribution in [3.05, 3.63) is 88.7 Å². The quantitative estimate of drug-likeness (QED) is 0.169. The summed E-state index contributed by atoms with van der Waals surface area (Å²) in [5, 5.41) is 9.76. The van der Waals surface area contributed by atoms with Crippen LogP contribution in [-0.2, 0) is 22.6 Å². The third kappa shape index (κ3) is 5.54. The highest BCUT2D eigenvalue weighted by Gasteiger charge is 2.35. The second-order valence-corrected chi connectivity index (χ2v) is 11.8. The maximum absolute atomic E-state index is 15.0. The summed E-state index contributed by atoms with van der Waals surface area (Å²) < 4.78 is 87.5. The van der Waals surface area contributed by atoms with Gasteiger partial charge in [0, 0.05) is 30.5 Å². The van der Waals surface area contributed by atoms with E-state index in [1.165, 1.54) is 35.8 Å². The van der Waals surface area contributed by atoms with Gasteiger partial charge in [0.05, 0.1) is 17.2 Å². The summed E-state index contributed by atoms with van der Waals surface area (Å²) >= 11 is 6.10. The summed E-state index contributed by atoms with van der Waals surface area (Å²) in [7, 11) is -3.94. The van der Waals surface area contributed by atoms with Crippen molar-refractivity contribution in [3.8, 4) is 39.5 Å². The normalized spacial score (nSPS) is 12.2. The Morgan fingerprint density at radius 3 is 2.38 bits per heavy atom. The summed E-state index contributed by atoms with van der Waals surface area (Å²) in [5.41, 5.74) is -0.0761. The Balaban J connectivity index is 1.81. The molecule has 8 nitrogen and oxygen atoms in total. The van der Waals surface area contributed by atoms with E-state index in [9.17, 15) is 31.1 Å². The molecule has 0 unspecified atom stereocenters. The predicted molar refractivity (Wildman–Crippen MR) is 146 cm³/mol. The number of alkyl halides is 3. The molecule has 5 aromatic rings. The largest absolute Gasteiger partial charge is 0.439 e. The third-order valence-corrected chi connectivity index (χ3v) is 7.78. The number of aromatic nitrogens is 4. The molecule has 0 aliphatic rings. The average molecular weight is 621 g/mol. The number of aryl methyl sites for hydroxylation is 2. The lowest BCUT2D eigenvalue weighted by Crippen LogP contribution is -2.06. The van der Waals surface area contributed by atoms with Crippen LogP contribution in [-0.4, -0.2) is 39.3 Å². The van der Waals surface area contributed by atoms with E-state index < -0.39 is 39.0 Å². The molecule has 42 heavy (non-hydrogen) atoms. The monoisotopic (exact) mass is 620 g/mol. The van der Waals surface area contributed by atoms with Gasteiger partial charge in [0.25, 0.3) is 0 Å². The van der Waals surface area contributed by atoms with Gasteiger partial charge >= 0.3 is 6.18 Å². The summed E-state index contributed by atoms with van der Waals surface area (Å²) in [6.45, 7) is 2.14. The van der Waals surface area contributed by atoms with Crippen LogP contribution in [0.15, 0.2) is 64.0 Å². The zero-order valence-electron chi connectivity index (χ0n) is 22.2. The first-order valence-corrected chi connectivity index (χ1v) is 14.5. The summed E-state index contributed by atoms with van der Waals surface area (Å²) in [4.78, 5) is 12.0. The molecule has 0 atom stereocenters. The number of hydrogen-bond acceptors (Lipinski definition) is 7. The van der Waals surface area contributed by atoms with Crippen molar-refractivity contribution >= 4 is 21.4 Å². The van der Waals surface area contributed by atoms with Crippen LogP contribution in [0.2, 0.25) is 5.15 Å². The zero-order valence-corrected chi connectivity index (χ0v) is 23.7. The molecule has 5 rings (SSSR count). The SMILES string of the molecule is Cc1nc(-c2cc(-c3cc(F)c(CO)c(S(C)(=O)=O)c3)ccc2-n2cc(C(F)(F)F)nc2C)c(-c2cccc(Cl)n2)o1. The molecule has 0 spiro atoms. The van der Waals surface area contributed by atoms with Gasteiger partial charge in [-0.05, 0) is 54.4 Å². The first-order chi connectivity index (χ1) is 19.7. The first-order valence-electron chi connectivity index (χ1n) is 12.2. The number of aliphatic hydroxyl groups is 1. The molecule has 3 aromatic heterocycles. The minimum atomic E-state index is -4.70. The fourth-order valence-electron chi connectivity index (χ4n) is 4.55. The highest BCUT2D eigenvalue weighted by molar-refractivity contribution is 7.90. The van der Waals surface area contributed by atoms with E-state index >= 15 is 0 Å². The lowest BCUT2D eigenvalue weighted by Gasteiger charge is -2.15. The van der Waals surface area contributed by atoms with Crippen molar-refractivity contribution < 1.29 is 35.5 Å². The maximum Gasteiger partial charge on any atom is 0.434 e. The van der Waals surface area contributed by atoms with E-state index in [-0.39, 0.29) is 50.7 Å². The van der Waals surface area contributed by atoms with Crippen LogP contribution < -0.4 is 0 Å². The number of aliphatic hydroxyl groups excluding tert-OH is 1. The number of imidazole rings is 1. The van der Waals surface area contributed by atoms with E-state index in [1.54, 1.807) is 25.1 Å². The zero-order chi connectivity index (χ0) is 30.6. The first kappa shape index (κ1) is 29.4. The minimum Gasteiger partial charge on any atom is -0.439 e. The van der Waals surface area contributed by atoms with Gasteiger partial charge in [-0.1, -0.05) is 23.7 Å². The Labute approximate surface area is 242 Å². The smallest absolute Gasteiger partial charge is 0.434 e. The summed E-state index contributed by atoms with van der Waals surface area (Å²) in [6, 6.07) is 11.6. The fourth-order valence-corrected chi connectivity index (χ4v) is 5.66. The number of benzene rings is 2. The molecular formula is C28H21ClF4N4O4S. The van der Waals surface area contributed by atoms with Crippen molar-refractivity contribution in [2.75, 3.05) is 6.26 Å². The summed E-state index contributed by atoms with van der Waals surface area (Å²) in [5.74, 6) is -0.533. The molecule has 14 heteroatoms. The molecule has 218 valence electrons. The molecule has 3 heterocycles. The Morgan fingerprint density at radius 1 is 1.02 bits per heavy atom. The minimum absolute atomic E-state index is 0.0247. The van der Waals surface area contributed by atoms with Crippen LogP contribution in [0, 0.1) is 19.7 Å². The second kappa shape index (κ2) is 10.6. The molecule has 0 aliphatic heterocycles. The Morgan fingerprint density at radius 2 is 1.76 bits per heavy atom. The van der Waals surface area contributed by atoms with Gasteiger partial charge in [0.1, 0.15) is 28.2 Å². The molecule has 0 radical (unpaired) electrons. The van der Waals surface area contributed by atoms with Gasteiger partial charge in [0.15, 0.2) is 27.2 Å². The van der Waals surface area contributed by atoms with E-state index in [1.807, 2.05) is 0 Å². The number of nitrogens with zero attached hydrogens (tertiary/aromatic N) is 4. The van der Waals surface area contributed by atoms with Crippen LogP contribution in [0.5, 0.6) is 0 Å². The molecule has 2 aromatic carbocycles. The topological polar surface area (TPSA) is 111 Å². The molecule has 0 saturated carbocycles. The van der Waals surface area contributed by atoms with Crippen LogP contribution in [0.25, 0.3) is 39.5 Å². The highest BCUT2D eigenvalue weighted by atomic mass is 35.5. The number of sulfone groups is 1. The van der Waals surface area contributed by atoms with Gasteiger partial charge in [-0.3, -0.25) is 0 Å². The van der Waals surface area contributed by atoms with E-state index in [4.69, 9.17) is 16.0 Å². The number of pyridine rings is 1. The fraction of sp³-hybridized carbons (Fsp3) is 0.179. The highest BCUT2D eigenvalue weighted by Crippen LogP contribution is 2.40. The number of rotatable bonds is 6. The van der Waals surface area contributed by atoms with Crippen molar-refractivity contribution in [2.45, 2.75) is 31.5 Å². The van der Waals surface area contributed by atoms with Crippen molar-refractivity contribution in [2.24, 2.45) is 0 Å². The third-order valence-electron chi connectivity index (χ3n) is 6.41. The number of hydrogen-bond donors (Lipinski definition) is 1. The van der Waals surface area contributed by atoms with E-state index in [0.717, 1.165) is 18.5 Å². The van der Waals surface area contributed by atoms with Crippen molar-refractivity contribution in [1.29, 1.82) is 0 Å². The second-order valence-electron chi connectivity index (χ2n) is 9.39. The van der Waals surface area contributed by atoms with Gasteiger partial charge in [-0.15, -0.1) is 0 Å². The van der Waals surface area contributed by atoms with Gasteiger partial charge in [0.2, 0.25) is 0 Å². The molecule has 0 bridgehead atoms. The molecule has 0 aliphatic carbocycles. The van der Waals surface area contributed by atoms with Crippen molar-refractivity contribution in [3.63, 3.8) is 0 Å². The van der Waals surface area contributed by atoms with Gasteiger partial charge in [-0.2, -0.15) is 13.2 Å². The lowest BCUT2D eigenvalue weighted by molar-refractivity contribution is -0.141. The number of halogens is 5. The molecule has 1 N–H and O–H groups in total. The van der Waals surface area contributed by atoms with Gasteiger partial charge in [-0.25, -0.2) is 27.8 Å². The predicted octanol–water partition coefficient (Wildman–Crippen LogP) is 6.58. The molecular weight excluding hydrogens is 600 g/mol.